The number of ether oxygens (including phenoxy) is 3. The Kier molecular flexibility index (Phi) is 3.92. The van der Waals surface area contributed by atoms with Gasteiger partial charge in [0.15, 0.2) is 0 Å². The Morgan fingerprint density at radius 3 is 2.64 bits per heavy atom. The molecule has 0 saturated heterocycles. The van der Waals surface area contributed by atoms with Crippen molar-refractivity contribution in [3.05, 3.63) is 35.0 Å². The van der Waals surface area contributed by atoms with Gasteiger partial charge in [0.1, 0.15) is 0 Å². The second-order valence-electron chi connectivity index (χ2n) is 4.47. The van der Waals surface area contributed by atoms with Crippen molar-refractivity contribution < 1.29 is 19.0 Å². The first-order chi connectivity index (χ1) is 10.7. The molecule has 7 heteroatoms. The molecule has 0 aliphatic rings. The van der Waals surface area contributed by atoms with Crippen molar-refractivity contribution in [2.24, 2.45) is 0 Å². The summed E-state index contributed by atoms with van der Waals surface area (Å²) < 4.78 is 18.8. The second kappa shape index (κ2) is 5.87. The third-order valence-electron chi connectivity index (χ3n) is 3.23. The monoisotopic (exact) mass is 366 g/mol. The number of aromatic nitrogens is 2. The summed E-state index contributed by atoms with van der Waals surface area (Å²) >= 11 is -0.155. The van der Waals surface area contributed by atoms with Gasteiger partial charge in [0.25, 0.3) is 0 Å². The normalized spacial score (nSPS) is 10.7. The van der Waals surface area contributed by atoms with Crippen LogP contribution in [0.3, 0.4) is 0 Å². The van der Waals surface area contributed by atoms with Crippen molar-refractivity contribution in [3.63, 3.8) is 0 Å². The minimum absolute atomic E-state index is 0.155. The fraction of sp³-hybridized carbons (Fsp3) is 0.200. The summed E-state index contributed by atoms with van der Waals surface area (Å²) in [7, 11) is 4.62. The predicted molar refractivity (Wildman–Crippen MR) is 82.0 cm³/mol. The van der Waals surface area contributed by atoms with Crippen molar-refractivity contribution in [3.8, 4) is 22.8 Å². The Morgan fingerprint density at radius 2 is 2.00 bits per heavy atom. The van der Waals surface area contributed by atoms with Gasteiger partial charge in [0, 0.05) is 0 Å². The van der Waals surface area contributed by atoms with Crippen LogP contribution < -0.4 is 9.47 Å². The van der Waals surface area contributed by atoms with Gasteiger partial charge in [0.2, 0.25) is 0 Å². The molecule has 0 spiro atoms. The molecule has 0 saturated carbocycles. The van der Waals surface area contributed by atoms with Gasteiger partial charge >= 0.3 is 132 Å². The first-order valence-electron chi connectivity index (χ1n) is 6.45. The average Bonchev–Trinajstić information content (AvgIpc) is 3.12. The topological polar surface area (TPSA) is 62.1 Å². The van der Waals surface area contributed by atoms with E-state index in [9.17, 15) is 4.79 Å². The molecule has 0 unspecified atom stereocenters. The third-order valence-corrected chi connectivity index (χ3v) is 5.27. The molecule has 114 valence electrons. The number of fused-ring (bicyclic) bond motifs is 1. The quantitative estimate of drug-likeness (QED) is 0.522. The van der Waals surface area contributed by atoms with Gasteiger partial charge in [-0.25, -0.2) is 0 Å². The van der Waals surface area contributed by atoms with E-state index in [-0.39, 0.29) is 20.5 Å². The van der Waals surface area contributed by atoms with E-state index in [0.717, 1.165) is 27.3 Å². The average molecular weight is 365 g/mol. The molecule has 2 aromatic heterocycles. The number of esters is 1. The Hall–Kier alpha value is -2.24. The van der Waals surface area contributed by atoms with E-state index in [1.807, 2.05) is 28.8 Å². The second-order valence-corrected chi connectivity index (χ2v) is 6.59. The number of carbonyl (C=O) groups is 1. The molecule has 22 heavy (non-hydrogen) atoms. The SMILES string of the molecule is COC(=O)c1cn2cc(-c3cc(OC)ccc3OC)nc2[se]1. The number of hydrogen-bond acceptors (Lipinski definition) is 5. The summed E-state index contributed by atoms with van der Waals surface area (Å²) in [6.45, 7) is 0. The maximum absolute atomic E-state index is 11.6. The molecule has 3 aromatic rings. The molecule has 0 atom stereocenters. The summed E-state index contributed by atoms with van der Waals surface area (Å²) in [6.07, 6.45) is 3.65. The molecular formula is C15H14N2O4Se. The van der Waals surface area contributed by atoms with Crippen LogP contribution in [0.25, 0.3) is 15.8 Å². The number of carbonyl (C=O) groups excluding carboxylic acids is 1. The number of hydrogen-bond donors (Lipinski definition) is 0. The van der Waals surface area contributed by atoms with Crippen LogP contribution in [0, 0.1) is 0 Å². The number of nitrogens with zero attached hydrogens (tertiary/aromatic N) is 2. The van der Waals surface area contributed by atoms with Gasteiger partial charge in [-0.3, -0.25) is 0 Å². The maximum atomic E-state index is 11.6. The van der Waals surface area contributed by atoms with Crippen molar-refractivity contribution >= 4 is 25.0 Å². The van der Waals surface area contributed by atoms with E-state index in [4.69, 9.17) is 14.2 Å². The first kappa shape index (κ1) is 14.7. The third kappa shape index (κ3) is 2.49. The van der Waals surface area contributed by atoms with Crippen LogP contribution in [0.1, 0.15) is 9.23 Å². The van der Waals surface area contributed by atoms with E-state index in [1.165, 1.54) is 7.11 Å². The Morgan fingerprint density at radius 1 is 1.18 bits per heavy atom. The molecule has 0 radical (unpaired) electrons. The van der Waals surface area contributed by atoms with Crippen LogP contribution in [0.15, 0.2) is 30.6 Å². The Balaban J connectivity index is 2.07. The summed E-state index contributed by atoms with van der Waals surface area (Å²) in [4.78, 5) is 16.2. The molecule has 2 heterocycles. The Bertz CT molecular complexity index is 806. The van der Waals surface area contributed by atoms with E-state index >= 15 is 0 Å². The van der Waals surface area contributed by atoms with Gasteiger partial charge in [-0.1, -0.05) is 0 Å². The number of rotatable bonds is 4. The van der Waals surface area contributed by atoms with E-state index < -0.39 is 0 Å². The van der Waals surface area contributed by atoms with Crippen LogP contribution in [0.5, 0.6) is 11.5 Å². The molecule has 0 aliphatic carbocycles. The minimum atomic E-state index is -0.300. The van der Waals surface area contributed by atoms with Gasteiger partial charge in [-0.15, -0.1) is 0 Å². The first-order valence-corrected chi connectivity index (χ1v) is 8.17. The van der Waals surface area contributed by atoms with Crippen LogP contribution in [0.2, 0.25) is 0 Å². The number of methoxy groups -OCH3 is 3. The van der Waals surface area contributed by atoms with Crippen LogP contribution in [0.4, 0.5) is 0 Å². The van der Waals surface area contributed by atoms with Gasteiger partial charge < -0.3 is 0 Å². The summed E-state index contributed by atoms with van der Waals surface area (Å²) in [6, 6.07) is 5.57. The Labute approximate surface area is 133 Å². The molecule has 0 aliphatic heterocycles. The molecular weight excluding hydrogens is 351 g/mol. The van der Waals surface area contributed by atoms with Crippen molar-refractivity contribution in [1.29, 1.82) is 0 Å². The molecule has 0 fully saturated rings. The molecule has 0 bridgehead atoms. The molecule has 0 amide bonds. The van der Waals surface area contributed by atoms with E-state index in [2.05, 4.69) is 4.98 Å². The number of benzene rings is 1. The summed E-state index contributed by atoms with van der Waals surface area (Å²) in [5, 5.41) is 0. The summed E-state index contributed by atoms with van der Waals surface area (Å²) in [5.74, 6) is 1.16. The molecule has 1 aromatic carbocycles. The van der Waals surface area contributed by atoms with Gasteiger partial charge in [-0.05, 0) is 0 Å². The van der Waals surface area contributed by atoms with Gasteiger partial charge in [-0.2, -0.15) is 0 Å². The fourth-order valence-electron chi connectivity index (χ4n) is 2.13. The number of imidazole rings is 1. The van der Waals surface area contributed by atoms with Crippen molar-refractivity contribution in [1.82, 2.24) is 9.38 Å². The molecule has 0 N–H and O–H groups in total. The van der Waals surface area contributed by atoms with Gasteiger partial charge in [0.05, 0.1) is 0 Å². The predicted octanol–water partition coefficient (Wildman–Crippen LogP) is 1.86. The van der Waals surface area contributed by atoms with E-state index in [1.54, 1.807) is 20.4 Å². The zero-order valence-electron chi connectivity index (χ0n) is 12.3. The van der Waals surface area contributed by atoms with E-state index in [0.29, 0.717) is 4.44 Å². The standard InChI is InChI=1S/C15H14N2O4Se/c1-19-9-4-5-12(20-2)10(6-9)11-7-17-8-13(14(18)21-3)22-15(17)16-11/h4-8H,1-3H3. The zero-order chi connectivity index (χ0) is 15.7. The van der Waals surface area contributed by atoms with Crippen molar-refractivity contribution in [2.45, 2.75) is 0 Å². The zero-order valence-corrected chi connectivity index (χ0v) is 14.0. The van der Waals surface area contributed by atoms with Crippen LogP contribution >= 0.6 is 0 Å². The molecule has 6 nitrogen and oxygen atoms in total. The fourth-order valence-corrected chi connectivity index (χ4v) is 3.99. The molecule has 3 rings (SSSR count). The van der Waals surface area contributed by atoms with Crippen LogP contribution in [-0.2, 0) is 4.74 Å². The summed E-state index contributed by atoms with van der Waals surface area (Å²) in [5.41, 5.74) is 1.64. The van der Waals surface area contributed by atoms with Crippen molar-refractivity contribution in [2.75, 3.05) is 21.3 Å². The van der Waals surface area contributed by atoms with Crippen LogP contribution in [-0.4, -0.2) is 51.2 Å².